The SMILES string of the molecule is FC(F)(F)c1ccnc(N2CCOCC3(CN(Cc4ccccc4)C3)C2)n1. The fourth-order valence-corrected chi connectivity index (χ4v) is 3.87. The zero-order valence-electron chi connectivity index (χ0n) is 14.8. The molecule has 2 aromatic rings. The van der Waals surface area contributed by atoms with Crippen LogP contribution < -0.4 is 4.90 Å². The Morgan fingerprint density at radius 1 is 1.07 bits per heavy atom. The normalized spacial score (nSPS) is 20.3. The largest absolute Gasteiger partial charge is 0.433 e. The average Bonchev–Trinajstić information content (AvgIpc) is 2.85. The number of anilines is 1. The van der Waals surface area contributed by atoms with Crippen LogP contribution in [0.2, 0.25) is 0 Å². The summed E-state index contributed by atoms with van der Waals surface area (Å²) in [6.07, 6.45) is -3.30. The van der Waals surface area contributed by atoms with Crippen molar-refractivity contribution in [3.63, 3.8) is 0 Å². The van der Waals surface area contributed by atoms with Crippen molar-refractivity contribution in [2.75, 3.05) is 44.3 Å². The van der Waals surface area contributed by atoms with Crippen molar-refractivity contribution < 1.29 is 17.9 Å². The van der Waals surface area contributed by atoms with Crippen LogP contribution in [0.25, 0.3) is 0 Å². The minimum absolute atomic E-state index is 0.0944. The average molecular weight is 378 g/mol. The lowest BCUT2D eigenvalue weighted by molar-refractivity contribution is -0.141. The topological polar surface area (TPSA) is 41.5 Å². The Morgan fingerprint density at radius 3 is 2.59 bits per heavy atom. The zero-order valence-corrected chi connectivity index (χ0v) is 14.8. The lowest BCUT2D eigenvalue weighted by atomic mass is 9.79. The third-order valence-corrected chi connectivity index (χ3v) is 5.02. The molecule has 2 aliphatic heterocycles. The van der Waals surface area contributed by atoms with Crippen molar-refractivity contribution in [3.8, 4) is 0 Å². The maximum Gasteiger partial charge on any atom is 0.433 e. The van der Waals surface area contributed by atoms with Crippen LogP contribution >= 0.6 is 0 Å². The molecule has 1 spiro atoms. The van der Waals surface area contributed by atoms with Gasteiger partial charge < -0.3 is 9.64 Å². The Bertz CT molecular complexity index is 778. The molecule has 1 aromatic carbocycles. The highest BCUT2D eigenvalue weighted by Gasteiger charge is 2.46. The Balaban J connectivity index is 1.45. The molecule has 0 aliphatic carbocycles. The van der Waals surface area contributed by atoms with Crippen molar-refractivity contribution in [3.05, 3.63) is 53.9 Å². The van der Waals surface area contributed by atoms with Gasteiger partial charge in [-0.1, -0.05) is 30.3 Å². The molecule has 3 heterocycles. The van der Waals surface area contributed by atoms with Gasteiger partial charge in [-0.3, -0.25) is 4.90 Å². The van der Waals surface area contributed by atoms with E-state index >= 15 is 0 Å². The van der Waals surface area contributed by atoms with Gasteiger partial charge in [-0.25, -0.2) is 9.97 Å². The van der Waals surface area contributed by atoms with E-state index < -0.39 is 11.9 Å². The molecule has 144 valence electrons. The van der Waals surface area contributed by atoms with E-state index in [0.717, 1.165) is 25.7 Å². The molecule has 0 N–H and O–H groups in total. The van der Waals surface area contributed by atoms with Gasteiger partial charge in [0.1, 0.15) is 5.69 Å². The smallest absolute Gasteiger partial charge is 0.379 e. The van der Waals surface area contributed by atoms with Crippen LogP contribution in [-0.4, -0.2) is 54.3 Å². The lowest BCUT2D eigenvalue weighted by Gasteiger charge is -2.50. The molecule has 27 heavy (non-hydrogen) atoms. The first kappa shape index (κ1) is 18.2. The number of likely N-dealkylation sites (tertiary alicyclic amines) is 1. The molecule has 0 radical (unpaired) electrons. The minimum atomic E-state index is -4.47. The molecule has 0 unspecified atom stereocenters. The van der Waals surface area contributed by atoms with Crippen LogP contribution in [0, 0.1) is 5.41 Å². The van der Waals surface area contributed by atoms with E-state index in [4.69, 9.17) is 4.74 Å². The Morgan fingerprint density at radius 2 is 1.85 bits per heavy atom. The maximum absolute atomic E-state index is 13.0. The van der Waals surface area contributed by atoms with Gasteiger partial charge in [-0.15, -0.1) is 0 Å². The number of rotatable bonds is 3. The van der Waals surface area contributed by atoms with Crippen LogP contribution in [0.3, 0.4) is 0 Å². The molecule has 0 atom stereocenters. The number of benzene rings is 1. The second-order valence-corrected chi connectivity index (χ2v) is 7.34. The number of halogens is 3. The van der Waals surface area contributed by atoms with Gasteiger partial charge in [-0.05, 0) is 11.6 Å². The molecule has 2 aliphatic rings. The van der Waals surface area contributed by atoms with Crippen molar-refractivity contribution in [1.82, 2.24) is 14.9 Å². The highest BCUT2D eigenvalue weighted by molar-refractivity contribution is 5.33. The van der Waals surface area contributed by atoms with Crippen LogP contribution in [-0.2, 0) is 17.5 Å². The van der Waals surface area contributed by atoms with E-state index in [0.29, 0.717) is 26.3 Å². The van der Waals surface area contributed by atoms with Gasteiger partial charge in [0.15, 0.2) is 0 Å². The summed E-state index contributed by atoms with van der Waals surface area (Å²) < 4.78 is 44.6. The summed E-state index contributed by atoms with van der Waals surface area (Å²) in [6, 6.07) is 11.1. The number of ether oxygens (including phenoxy) is 1. The van der Waals surface area contributed by atoms with Crippen LogP contribution in [0.5, 0.6) is 0 Å². The van der Waals surface area contributed by atoms with E-state index in [2.05, 4.69) is 27.0 Å². The van der Waals surface area contributed by atoms with E-state index in [1.54, 1.807) is 0 Å². The van der Waals surface area contributed by atoms with Gasteiger partial charge in [0.2, 0.25) is 5.95 Å². The molecular formula is C19H21F3N4O. The van der Waals surface area contributed by atoms with Gasteiger partial charge in [-0.2, -0.15) is 13.2 Å². The zero-order chi connectivity index (χ0) is 18.9. The standard InChI is InChI=1S/C19H21F3N4O/c20-19(21,22)16-6-7-23-17(24-16)26-8-9-27-14-18(13-26)11-25(12-18)10-15-4-2-1-3-5-15/h1-7H,8-14H2. The second-order valence-electron chi connectivity index (χ2n) is 7.34. The Labute approximate surface area is 155 Å². The van der Waals surface area contributed by atoms with Gasteiger partial charge in [0.25, 0.3) is 0 Å². The maximum atomic E-state index is 13.0. The van der Waals surface area contributed by atoms with Crippen LogP contribution in [0.1, 0.15) is 11.3 Å². The molecule has 1 aromatic heterocycles. The Kier molecular flexibility index (Phi) is 4.77. The Hall–Kier alpha value is -2.19. The van der Waals surface area contributed by atoms with E-state index in [-0.39, 0.29) is 11.4 Å². The predicted molar refractivity (Wildman–Crippen MR) is 94.2 cm³/mol. The van der Waals surface area contributed by atoms with Crippen molar-refractivity contribution in [1.29, 1.82) is 0 Å². The number of hydrogen-bond acceptors (Lipinski definition) is 5. The fraction of sp³-hybridized carbons (Fsp3) is 0.474. The third-order valence-electron chi connectivity index (χ3n) is 5.02. The third kappa shape index (κ3) is 4.06. The number of nitrogens with zero attached hydrogens (tertiary/aromatic N) is 4. The number of aromatic nitrogens is 2. The summed E-state index contributed by atoms with van der Waals surface area (Å²) in [4.78, 5) is 12.0. The molecule has 0 bridgehead atoms. The van der Waals surface area contributed by atoms with E-state index in [1.807, 2.05) is 23.1 Å². The van der Waals surface area contributed by atoms with E-state index in [1.165, 1.54) is 11.8 Å². The van der Waals surface area contributed by atoms with Crippen LogP contribution in [0.4, 0.5) is 19.1 Å². The highest BCUT2D eigenvalue weighted by atomic mass is 19.4. The second kappa shape index (κ2) is 7.09. The summed E-state index contributed by atoms with van der Waals surface area (Å²) >= 11 is 0. The van der Waals surface area contributed by atoms with Gasteiger partial charge >= 0.3 is 6.18 Å². The van der Waals surface area contributed by atoms with Crippen molar-refractivity contribution >= 4 is 5.95 Å². The molecule has 4 rings (SSSR count). The number of hydrogen-bond donors (Lipinski definition) is 0. The first-order valence-electron chi connectivity index (χ1n) is 8.93. The van der Waals surface area contributed by atoms with Crippen molar-refractivity contribution in [2.45, 2.75) is 12.7 Å². The summed E-state index contributed by atoms with van der Waals surface area (Å²) in [6.45, 7) is 4.70. The summed E-state index contributed by atoms with van der Waals surface area (Å²) in [5.41, 5.74) is 0.245. The fourth-order valence-electron chi connectivity index (χ4n) is 3.87. The van der Waals surface area contributed by atoms with Crippen molar-refractivity contribution in [2.24, 2.45) is 5.41 Å². The first-order chi connectivity index (χ1) is 12.9. The first-order valence-corrected chi connectivity index (χ1v) is 8.93. The molecule has 5 nitrogen and oxygen atoms in total. The van der Waals surface area contributed by atoms with Gasteiger partial charge in [0, 0.05) is 44.3 Å². The van der Waals surface area contributed by atoms with Crippen LogP contribution in [0.15, 0.2) is 42.6 Å². The van der Waals surface area contributed by atoms with E-state index in [9.17, 15) is 13.2 Å². The molecule has 2 fully saturated rings. The summed E-state index contributed by atoms with van der Waals surface area (Å²) in [5.74, 6) is 0.121. The summed E-state index contributed by atoms with van der Waals surface area (Å²) in [7, 11) is 0. The number of alkyl halides is 3. The molecular weight excluding hydrogens is 357 g/mol. The predicted octanol–water partition coefficient (Wildman–Crippen LogP) is 2.83. The molecule has 8 heteroatoms. The molecule has 0 saturated carbocycles. The molecule has 2 saturated heterocycles. The highest BCUT2D eigenvalue weighted by Crippen LogP contribution is 2.35. The molecule has 0 amide bonds. The summed E-state index contributed by atoms with van der Waals surface area (Å²) in [5, 5.41) is 0. The lowest BCUT2D eigenvalue weighted by Crippen LogP contribution is -2.61. The minimum Gasteiger partial charge on any atom is -0.379 e. The monoisotopic (exact) mass is 378 g/mol. The quantitative estimate of drug-likeness (QED) is 0.822. The van der Waals surface area contributed by atoms with Gasteiger partial charge in [0.05, 0.1) is 13.2 Å².